The van der Waals surface area contributed by atoms with Gasteiger partial charge >= 0.3 is 0 Å². The SMILES string of the molecule is CCCCC[C@H](C)NC(=O)CSc1ncnc2sc(CC)cc12. The van der Waals surface area contributed by atoms with Gasteiger partial charge in [0.2, 0.25) is 5.91 Å². The fraction of sp³-hybridized carbons (Fsp3) is 0.588. The second kappa shape index (κ2) is 9.23. The number of hydrogen-bond donors (Lipinski definition) is 1. The second-order valence-electron chi connectivity index (χ2n) is 5.72. The zero-order valence-electron chi connectivity index (χ0n) is 14.1. The fourth-order valence-electron chi connectivity index (χ4n) is 2.40. The molecule has 4 nitrogen and oxygen atoms in total. The first-order chi connectivity index (χ1) is 11.1. The Morgan fingerprint density at radius 1 is 1.35 bits per heavy atom. The number of thiophene rings is 1. The molecule has 0 aliphatic carbocycles. The molecule has 6 heteroatoms. The van der Waals surface area contributed by atoms with Crippen molar-refractivity contribution in [2.75, 3.05) is 5.75 Å². The van der Waals surface area contributed by atoms with Crippen molar-refractivity contribution in [1.29, 1.82) is 0 Å². The third-order valence-electron chi connectivity index (χ3n) is 3.68. The summed E-state index contributed by atoms with van der Waals surface area (Å²) in [5, 5.41) is 5.05. The van der Waals surface area contributed by atoms with Gasteiger partial charge in [0, 0.05) is 16.3 Å². The Morgan fingerprint density at radius 3 is 2.91 bits per heavy atom. The van der Waals surface area contributed by atoms with Gasteiger partial charge in [-0.3, -0.25) is 4.79 Å². The van der Waals surface area contributed by atoms with E-state index in [0.717, 1.165) is 28.1 Å². The molecule has 2 aromatic rings. The maximum absolute atomic E-state index is 12.1. The van der Waals surface area contributed by atoms with Gasteiger partial charge in [-0.1, -0.05) is 44.9 Å². The molecule has 2 rings (SSSR count). The van der Waals surface area contributed by atoms with E-state index in [9.17, 15) is 4.79 Å². The van der Waals surface area contributed by atoms with Crippen LogP contribution in [0.4, 0.5) is 0 Å². The Bertz CT molecular complexity index is 642. The minimum atomic E-state index is 0.0803. The van der Waals surface area contributed by atoms with Crippen LogP contribution in [0.5, 0.6) is 0 Å². The first kappa shape index (κ1) is 18.2. The van der Waals surface area contributed by atoms with Crippen LogP contribution in [0.25, 0.3) is 10.2 Å². The average molecular weight is 352 g/mol. The Kier molecular flexibility index (Phi) is 7.30. The lowest BCUT2D eigenvalue weighted by molar-refractivity contribution is -0.119. The lowest BCUT2D eigenvalue weighted by atomic mass is 10.1. The largest absolute Gasteiger partial charge is 0.353 e. The van der Waals surface area contributed by atoms with Crippen LogP contribution in [0.3, 0.4) is 0 Å². The molecule has 2 aromatic heterocycles. The zero-order chi connectivity index (χ0) is 16.7. The summed E-state index contributed by atoms with van der Waals surface area (Å²) < 4.78 is 0. The van der Waals surface area contributed by atoms with Gasteiger partial charge in [-0.2, -0.15) is 0 Å². The summed E-state index contributed by atoms with van der Waals surface area (Å²) in [7, 11) is 0. The maximum Gasteiger partial charge on any atom is 0.230 e. The Morgan fingerprint density at radius 2 is 2.17 bits per heavy atom. The van der Waals surface area contributed by atoms with Crippen LogP contribution in [0.1, 0.15) is 51.3 Å². The maximum atomic E-state index is 12.1. The quantitative estimate of drug-likeness (QED) is 0.412. The van der Waals surface area contributed by atoms with Crippen molar-refractivity contribution >= 4 is 39.2 Å². The van der Waals surface area contributed by atoms with E-state index in [4.69, 9.17) is 0 Å². The molecule has 2 heterocycles. The number of carbonyl (C=O) groups excluding carboxylic acids is 1. The molecular weight excluding hydrogens is 326 g/mol. The molecule has 0 saturated carbocycles. The molecule has 0 fully saturated rings. The number of amides is 1. The van der Waals surface area contributed by atoms with Crippen LogP contribution >= 0.6 is 23.1 Å². The molecule has 0 radical (unpaired) electrons. The van der Waals surface area contributed by atoms with E-state index >= 15 is 0 Å². The third-order valence-corrected chi connectivity index (χ3v) is 5.87. The number of aryl methyl sites for hydroxylation is 1. The van der Waals surface area contributed by atoms with Crippen LogP contribution in [0, 0.1) is 0 Å². The number of unbranched alkanes of at least 4 members (excludes halogenated alkanes) is 2. The van der Waals surface area contributed by atoms with Crippen molar-refractivity contribution in [2.45, 2.75) is 63.9 Å². The fourth-order valence-corrected chi connectivity index (χ4v) is 4.18. The minimum Gasteiger partial charge on any atom is -0.353 e. The van der Waals surface area contributed by atoms with Gasteiger partial charge in [0.1, 0.15) is 16.2 Å². The molecule has 0 bridgehead atoms. The molecule has 1 N–H and O–H groups in total. The van der Waals surface area contributed by atoms with Gasteiger partial charge in [-0.05, 0) is 25.8 Å². The summed E-state index contributed by atoms with van der Waals surface area (Å²) in [5.74, 6) is 0.485. The molecule has 0 unspecified atom stereocenters. The molecule has 0 aromatic carbocycles. The number of hydrogen-bond acceptors (Lipinski definition) is 5. The van der Waals surface area contributed by atoms with Crippen LogP contribution in [-0.2, 0) is 11.2 Å². The van der Waals surface area contributed by atoms with Gasteiger partial charge in [-0.15, -0.1) is 11.3 Å². The number of rotatable bonds is 9. The molecule has 0 aliphatic rings. The van der Waals surface area contributed by atoms with Crippen molar-refractivity contribution in [3.63, 3.8) is 0 Å². The van der Waals surface area contributed by atoms with E-state index < -0.39 is 0 Å². The average Bonchev–Trinajstić information content (AvgIpc) is 2.97. The van der Waals surface area contributed by atoms with Crippen molar-refractivity contribution in [2.24, 2.45) is 0 Å². The molecule has 0 aliphatic heterocycles. The molecule has 1 atom stereocenters. The molecule has 0 saturated heterocycles. The van der Waals surface area contributed by atoms with E-state index in [1.54, 1.807) is 17.7 Å². The Hall–Kier alpha value is -1.14. The molecule has 1 amide bonds. The van der Waals surface area contributed by atoms with Gasteiger partial charge < -0.3 is 5.32 Å². The number of nitrogens with one attached hydrogen (secondary N) is 1. The van der Waals surface area contributed by atoms with E-state index in [0.29, 0.717) is 5.75 Å². The zero-order valence-corrected chi connectivity index (χ0v) is 15.7. The predicted molar refractivity (Wildman–Crippen MR) is 99.3 cm³/mol. The highest BCUT2D eigenvalue weighted by Gasteiger charge is 2.12. The normalized spacial score (nSPS) is 12.5. The van der Waals surface area contributed by atoms with Gasteiger partial charge in [0.25, 0.3) is 0 Å². The topological polar surface area (TPSA) is 54.9 Å². The monoisotopic (exact) mass is 351 g/mol. The number of aromatic nitrogens is 2. The summed E-state index contributed by atoms with van der Waals surface area (Å²) >= 11 is 3.20. The van der Waals surface area contributed by atoms with Gasteiger partial charge in [0.15, 0.2) is 0 Å². The number of carbonyl (C=O) groups is 1. The van der Waals surface area contributed by atoms with Gasteiger partial charge in [-0.25, -0.2) is 9.97 Å². The number of fused-ring (bicyclic) bond motifs is 1. The molecule has 0 spiro atoms. The summed E-state index contributed by atoms with van der Waals surface area (Å²) in [6, 6.07) is 2.39. The van der Waals surface area contributed by atoms with E-state index in [2.05, 4.69) is 42.1 Å². The minimum absolute atomic E-state index is 0.0803. The highest BCUT2D eigenvalue weighted by molar-refractivity contribution is 8.00. The number of nitrogens with zero attached hydrogens (tertiary/aromatic N) is 2. The van der Waals surface area contributed by atoms with Crippen LogP contribution < -0.4 is 5.32 Å². The van der Waals surface area contributed by atoms with Crippen molar-refractivity contribution in [1.82, 2.24) is 15.3 Å². The summed E-state index contributed by atoms with van der Waals surface area (Å²) in [6.07, 6.45) is 7.25. The van der Waals surface area contributed by atoms with Crippen molar-refractivity contribution in [3.05, 3.63) is 17.3 Å². The predicted octanol–water partition coefficient (Wildman–Crippen LogP) is 4.43. The first-order valence-corrected chi connectivity index (χ1v) is 10.1. The smallest absolute Gasteiger partial charge is 0.230 e. The Labute approximate surface area is 146 Å². The van der Waals surface area contributed by atoms with Crippen molar-refractivity contribution in [3.8, 4) is 0 Å². The van der Waals surface area contributed by atoms with E-state index in [1.807, 2.05) is 0 Å². The lowest BCUT2D eigenvalue weighted by Gasteiger charge is -2.13. The molecule has 23 heavy (non-hydrogen) atoms. The summed E-state index contributed by atoms with van der Waals surface area (Å²) in [6.45, 7) is 6.41. The van der Waals surface area contributed by atoms with Gasteiger partial charge in [0.05, 0.1) is 5.75 Å². The summed E-state index contributed by atoms with van der Waals surface area (Å²) in [4.78, 5) is 23.1. The van der Waals surface area contributed by atoms with Crippen molar-refractivity contribution < 1.29 is 4.79 Å². The van der Waals surface area contributed by atoms with Crippen LogP contribution in [-0.4, -0.2) is 27.7 Å². The van der Waals surface area contributed by atoms with Crippen LogP contribution in [0.2, 0.25) is 0 Å². The summed E-state index contributed by atoms with van der Waals surface area (Å²) in [5.41, 5.74) is 0. The highest BCUT2D eigenvalue weighted by Crippen LogP contribution is 2.30. The van der Waals surface area contributed by atoms with E-state index in [1.165, 1.54) is 35.9 Å². The molecular formula is C17H25N3OS2. The van der Waals surface area contributed by atoms with Crippen LogP contribution in [0.15, 0.2) is 17.4 Å². The second-order valence-corrected chi connectivity index (χ2v) is 7.80. The lowest BCUT2D eigenvalue weighted by Crippen LogP contribution is -2.33. The van der Waals surface area contributed by atoms with E-state index in [-0.39, 0.29) is 11.9 Å². The third kappa shape index (κ3) is 5.46. The highest BCUT2D eigenvalue weighted by atomic mass is 32.2. The number of thioether (sulfide) groups is 1. The Balaban J connectivity index is 1.88. The molecule has 126 valence electrons. The standard InChI is InChI=1S/C17H25N3OS2/c1-4-6-7-8-12(3)20-15(21)10-22-16-14-9-13(5-2)23-17(14)19-11-18-16/h9,11-12H,4-8,10H2,1-3H3,(H,20,21)/t12-/m0/s1. The first-order valence-electron chi connectivity index (χ1n) is 8.29.